The molecule has 1 aliphatic heterocycles. The number of amides is 1. The first-order valence-corrected chi connectivity index (χ1v) is 7.36. The summed E-state index contributed by atoms with van der Waals surface area (Å²) in [6.45, 7) is 4.81. The van der Waals surface area contributed by atoms with Crippen LogP contribution < -0.4 is 20.3 Å². The highest BCUT2D eigenvalue weighted by Crippen LogP contribution is 2.30. The molecule has 0 bridgehead atoms. The van der Waals surface area contributed by atoms with Crippen LogP contribution >= 0.6 is 0 Å². The lowest BCUT2D eigenvalue weighted by Crippen LogP contribution is -2.31. The number of benzene rings is 1. The fourth-order valence-electron chi connectivity index (χ4n) is 2.33. The molecule has 7 heteroatoms. The monoisotopic (exact) mass is 314 g/mol. The minimum absolute atomic E-state index is 0.190. The maximum absolute atomic E-state index is 12.0. The number of carbonyl (C=O) groups is 1. The first-order valence-electron chi connectivity index (χ1n) is 7.36. The van der Waals surface area contributed by atoms with Crippen LogP contribution in [0.1, 0.15) is 17.0 Å². The zero-order valence-electron chi connectivity index (χ0n) is 13.0. The molecule has 0 saturated carbocycles. The van der Waals surface area contributed by atoms with Gasteiger partial charge < -0.3 is 9.47 Å². The molecule has 1 aromatic carbocycles. The van der Waals surface area contributed by atoms with Gasteiger partial charge in [-0.2, -0.15) is 0 Å². The van der Waals surface area contributed by atoms with Gasteiger partial charge in [-0.05, 0) is 37.6 Å². The second-order valence-electron chi connectivity index (χ2n) is 5.30. The number of ether oxygens (including phenoxy) is 2. The van der Waals surface area contributed by atoms with Crippen molar-refractivity contribution in [2.75, 3.05) is 18.6 Å². The van der Waals surface area contributed by atoms with Gasteiger partial charge in [-0.1, -0.05) is 6.07 Å². The normalized spacial score (nSPS) is 12.6. The quantitative estimate of drug-likeness (QED) is 0.833. The standard InChI is InChI=1S/C16H18N4O3/c1-10-7-11(2)18-16(17-10)20-19-15(21)9-12-3-4-13-14(8-12)23-6-5-22-13/h3-4,7-8H,5-6,9H2,1-2H3,(H,19,21)(H,17,18,20). The Balaban J connectivity index is 1.59. The molecule has 0 fully saturated rings. The Kier molecular flexibility index (Phi) is 4.27. The number of hydrazine groups is 1. The summed E-state index contributed by atoms with van der Waals surface area (Å²) in [5, 5.41) is 0. The fraction of sp³-hybridized carbons (Fsp3) is 0.312. The lowest BCUT2D eigenvalue weighted by molar-refractivity contribution is -0.119. The maximum atomic E-state index is 12.0. The number of carbonyl (C=O) groups excluding carboxylic acids is 1. The van der Waals surface area contributed by atoms with Gasteiger partial charge in [0.2, 0.25) is 11.9 Å². The van der Waals surface area contributed by atoms with Gasteiger partial charge in [-0.3, -0.25) is 15.6 Å². The number of hydrogen-bond acceptors (Lipinski definition) is 6. The molecule has 0 radical (unpaired) electrons. The number of aryl methyl sites for hydroxylation is 2. The van der Waals surface area contributed by atoms with Crippen molar-refractivity contribution in [2.24, 2.45) is 0 Å². The molecule has 0 unspecified atom stereocenters. The Hall–Kier alpha value is -2.83. The van der Waals surface area contributed by atoms with Crippen LogP contribution in [0.5, 0.6) is 11.5 Å². The smallest absolute Gasteiger partial charge is 0.242 e. The van der Waals surface area contributed by atoms with E-state index in [1.165, 1.54) is 0 Å². The minimum Gasteiger partial charge on any atom is -0.486 e. The Bertz CT molecular complexity index is 713. The minimum atomic E-state index is -0.190. The number of nitrogens with one attached hydrogen (secondary N) is 2. The van der Waals surface area contributed by atoms with Gasteiger partial charge in [0.1, 0.15) is 13.2 Å². The number of nitrogens with zero attached hydrogens (tertiary/aromatic N) is 2. The van der Waals surface area contributed by atoms with E-state index in [9.17, 15) is 4.79 Å². The molecule has 23 heavy (non-hydrogen) atoms. The van der Waals surface area contributed by atoms with Gasteiger partial charge in [0.05, 0.1) is 6.42 Å². The summed E-state index contributed by atoms with van der Waals surface area (Å²) in [5.41, 5.74) is 7.84. The molecular formula is C16H18N4O3. The first kappa shape index (κ1) is 15.1. The van der Waals surface area contributed by atoms with Crippen molar-refractivity contribution in [1.82, 2.24) is 15.4 Å². The molecule has 0 aliphatic carbocycles. The highest BCUT2D eigenvalue weighted by molar-refractivity contribution is 5.79. The first-order chi connectivity index (χ1) is 11.1. The van der Waals surface area contributed by atoms with E-state index in [-0.39, 0.29) is 12.3 Å². The van der Waals surface area contributed by atoms with Gasteiger partial charge in [-0.25, -0.2) is 9.97 Å². The van der Waals surface area contributed by atoms with E-state index in [1.807, 2.05) is 38.1 Å². The van der Waals surface area contributed by atoms with E-state index in [0.717, 1.165) is 17.0 Å². The second-order valence-corrected chi connectivity index (χ2v) is 5.30. The molecule has 1 aliphatic rings. The second kappa shape index (κ2) is 6.51. The molecule has 7 nitrogen and oxygen atoms in total. The SMILES string of the molecule is Cc1cc(C)nc(NNC(=O)Cc2ccc3c(c2)OCCO3)n1. The van der Waals surface area contributed by atoms with E-state index < -0.39 is 0 Å². The molecule has 1 amide bonds. The topological polar surface area (TPSA) is 85.4 Å². The molecule has 1 aromatic heterocycles. The molecule has 120 valence electrons. The van der Waals surface area contributed by atoms with Gasteiger partial charge in [0, 0.05) is 11.4 Å². The summed E-state index contributed by atoms with van der Waals surface area (Å²) in [6, 6.07) is 7.35. The number of fused-ring (bicyclic) bond motifs is 1. The molecule has 3 rings (SSSR count). The Morgan fingerprint density at radius 3 is 2.52 bits per heavy atom. The van der Waals surface area contributed by atoms with E-state index in [4.69, 9.17) is 9.47 Å². The fourth-order valence-corrected chi connectivity index (χ4v) is 2.33. The zero-order valence-corrected chi connectivity index (χ0v) is 13.0. The number of hydrogen-bond donors (Lipinski definition) is 2. The summed E-state index contributed by atoms with van der Waals surface area (Å²) in [6.07, 6.45) is 0.217. The van der Waals surface area contributed by atoms with Gasteiger partial charge in [0.15, 0.2) is 11.5 Å². The van der Waals surface area contributed by atoms with Gasteiger partial charge in [0.25, 0.3) is 0 Å². The van der Waals surface area contributed by atoms with Crippen LogP contribution in [0.3, 0.4) is 0 Å². The average molecular weight is 314 g/mol. The average Bonchev–Trinajstić information content (AvgIpc) is 2.52. The summed E-state index contributed by atoms with van der Waals surface area (Å²) >= 11 is 0. The number of anilines is 1. The third kappa shape index (κ3) is 3.88. The highest BCUT2D eigenvalue weighted by atomic mass is 16.6. The van der Waals surface area contributed by atoms with Crippen LogP contribution in [0.4, 0.5) is 5.95 Å². The van der Waals surface area contributed by atoms with Crippen molar-refractivity contribution in [3.05, 3.63) is 41.2 Å². The van der Waals surface area contributed by atoms with E-state index >= 15 is 0 Å². The van der Waals surface area contributed by atoms with Crippen molar-refractivity contribution in [1.29, 1.82) is 0 Å². The highest BCUT2D eigenvalue weighted by Gasteiger charge is 2.13. The Labute approximate surface area is 134 Å². The molecule has 2 N–H and O–H groups in total. The van der Waals surface area contributed by atoms with Crippen molar-refractivity contribution in [3.63, 3.8) is 0 Å². The van der Waals surface area contributed by atoms with Gasteiger partial charge >= 0.3 is 0 Å². The number of aromatic nitrogens is 2. The van der Waals surface area contributed by atoms with E-state index in [1.54, 1.807) is 0 Å². The van der Waals surface area contributed by atoms with Gasteiger partial charge in [-0.15, -0.1) is 0 Å². The van der Waals surface area contributed by atoms with Crippen LogP contribution in [0.25, 0.3) is 0 Å². The molecule has 0 saturated heterocycles. The third-order valence-electron chi connectivity index (χ3n) is 3.27. The zero-order chi connectivity index (χ0) is 16.2. The summed E-state index contributed by atoms with van der Waals surface area (Å²) in [5.74, 6) is 1.57. The molecule has 2 aromatic rings. The molecule has 0 atom stereocenters. The van der Waals surface area contributed by atoms with Crippen molar-refractivity contribution in [3.8, 4) is 11.5 Å². The van der Waals surface area contributed by atoms with Crippen molar-refractivity contribution in [2.45, 2.75) is 20.3 Å². The molecule has 2 heterocycles. The van der Waals surface area contributed by atoms with Crippen LogP contribution in [-0.2, 0) is 11.2 Å². The lowest BCUT2D eigenvalue weighted by atomic mass is 10.1. The van der Waals surface area contributed by atoms with E-state index in [2.05, 4.69) is 20.8 Å². The van der Waals surface area contributed by atoms with Crippen LogP contribution in [0, 0.1) is 13.8 Å². The van der Waals surface area contributed by atoms with Crippen LogP contribution in [-0.4, -0.2) is 29.1 Å². The van der Waals surface area contributed by atoms with Crippen molar-refractivity contribution >= 4 is 11.9 Å². The third-order valence-corrected chi connectivity index (χ3v) is 3.27. The van der Waals surface area contributed by atoms with E-state index in [0.29, 0.717) is 30.7 Å². The summed E-state index contributed by atoms with van der Waals surface area (Å²) in [7, 11) is 0. The van der Waals surface area contributed by atoms with Crippen LogP contribution in [0.15, 0.2) is 24.3 Å². The van der Waals surface area contributed by atoms with Crippen molar-refractivity contribution < 1.29 is 14.3 Å². The Morgan fingerprint density at radius 1 is 1.09 bits per heavy atom. The Morgan fingerprint density at radius 2 is 1.78 bits per heavy atom. The number of rotatable bonds is 4. The largest absolute Gasteiger partial charge is 0.486 e. The van der Waals surface area contributed by atoms with Crippen LogP contribution in [0.2, 0.25) is 0 Å². The predicted octanol–water partition coefficient (Wildman–Crippen LogP) is 1.55. The predicted molar refractivity (Wildman–Crippen MR) is 84.4 cm³/mol. The molecule has 0 spiro atoms. The molecular weight excluding hydrogens is 296 g/mol. The summed E-state index contributed by atoms with van der Waals surface area (Å²) in [4.78, 5) is 20.4. The summed E-state index contributed by atoms with van der Waals surface area (Å²) < 4.78 is 11.0. The maximum Gasteiger partial charge on any atom is 0.242 e. The lowest BCUT2D eigenvalue weighted by Gasteiger charge is -2.18.